The molecule has 0 aromatic rings. The number of allylic oxidation sites excluding steroid dienone is 1. The summed E-state index contributed by atoms with van der Waals surface area (Å²) in [4.78, 5) is 0. The Kier molecular flexibility index (Phi) is 6.26. The van der Waals surface area contributed by atoms with E-state index in [0.717, 1.165) is 18.8 Å². The summed E-state index contributed by atoms with van der Waals surface area (Å²) < 4.78 is 0. The number of hydrogen-bond acceptors (Lipinski definition) is 1. The van der Waals surface area contributed by atoms with Crippen molar-refractivity contribution in [3.8, 4) is 0 Å². The van der Waals surface area contributed by atoms with Gasteiger partial charge < -0.3 is 5.11 Å². The van der Waals surface area contributed by atoms with Crippen molar-refractivity contribution in [1.82, 2.24) is 0 Å². The zero-order valence-electron chi connectivity index (χ0n) is 12.0. The van der Waals surface area contributed by atoms with Crippen molar-refractivity contribution >= 4 is 0 Å². The van der Waals surface area contributed by atoms with Crippen molar-refractivity contribution in [2.75, 3.05) is 0 Å². The van der Waals surface area contributed by atoms with Crippen LogP contribution in [-0.4, -0.2) is 11.2 Å². The standard InChI is InChI=1S/C16H30O/c1-5-6-7-8-16(17)15-11-13(4)9-10-14(15)12(2)3/h7-8,12-17H,5-6,9-11H2,1-4H3/b8-7+/t13-,14+,15?,16-/m1/s1. The summed E-state index contributed by atoms with van der Waals surface area (Å²) in [5.74, 6) is 2.66. The second-order valence-corrected chi connectivity index (χ2v) is 6.20. The molecule has 0 aliphatic heterocycles. The molecule has 1 unspecified atom stereocenters. The van der Waals surface area contributed by atoms with Crippen LogP contribution in [0.25, 0.3) is 0 Å². The van der Waals surface area contributed by atoms with Gasteiger partial charge in [0.15, 0.2) is 0 Å². The molecule has 0 aromatic carbocycles. The van der Waals surface area contributed by atoms with Crippen molar-refractivity contribution in [3.05, 3.63) is 12.2 Å². The van der Waals surface area contributed by atoms with Gasteiger partial charge in [-0.2, -0.15) is 0 Å². The average molecular weight is 238 g/mol. The Labute approximate surface area is 107 Å². The van der Waals surface area contributed by atoms with Gasteiger partial charge in [-0.3, -0.25) is 0 Å². The Morgan fingerprint density at radius 2 is 1.94 bits per heavy atom. The first-order valence-electron chi connectivity index (χ1n) is 7.41. The smallest absolute Gasteiger partial charge is 0.0751 e. The lowest BCUT2D eigenvalue weighted by Gasteiger charge is -2.39. The lowest BCUT2D eigenvalue weighted by Crippen LogP contribution is -2.35. The number of rotatable bonds is 5. The largest absolute Gasteiger partial charge is 0.389 e. The summed E-state index contributed by atoms with van der Waals surface area (Å²) >= 11 is 0. The summed E-state index contributed by atoms with van der Waals surface area (Å²) in [5.41, 5.74) is 0. The molecule has 0 amide bonds. The van der Waals surface area contributed by atoms with Crippen molar-refractivity contribution in [2.45, 2.75) is 65.9 Å². The molecule has 0 heterocycles. The topological polar surface area (TPSA) is 20.2 Å². The van der Waals surface area contributed by atoms with Crippen molar-refractivity contribution in [1.29, 1.82) is 0 Å². The van der Waals surface area contributed by atoms with Crippen molar-refractivity contribution in [2.24, 2.45) is 23.7 Å². The quantitative estimate of drug-likeness (QED) is 0.703. The number of unbranched alkanes of at least 4 members (excludes halogenated alkanes) is 1. The van der Waals surface area contributed by atoms with Gasteiger partial charge in [-0.1, -0.05) is 52.7 Å². The van der Waals surface area contributed by atoms with Gasteiger partial charge in [0.25, 0.3) is 0 Å². The second-order valence-electron chi connectivity index (χ2n) is 6.20. The molecule has 0 bridgehead atoms. The molecule has 1 nitrogen and oxygen atoms in total. The predicted molar refractivity (Wildman–Crippen MR) is 74.9 cm³/mol. The minimum atomic E-state index is -0.225. The van der Waals surface area contributed by atoms with E-state index in [2.05, 4.69) is 33.8 Å². The van der Waals surface area contributed by atoms with E-state index < -0.39 is 0 Å². The Hall–Kier alpha value is -0.300. The maximum absolute atomic E-state index is 10.4. The number of aliphatic hydroxyl groups excluding tert-OH is 1. The molecule has 4 atom stereocenters. The van der Waals surface area contributed by atoms with Gasteiger partial charge in [0.2, 0.25) is 0 Å². The summed E-state index contributed by atoms with van der Waals surface area (Å²) in [6, 6.07) is 0. The second kappa shape index (κ2) is 7.20. The molecular weight excluding hydrogens is 208 g/mol. The van der Waals surface area contributed by atoms with Gasteiger partial charge in [0.05, 0.1) is 6.10 Å². The van der Waals surface area contributed by atoms with E-state index in [-0.39, 0.29) is 6.10 Å². The molecule has 1 rings (SSSR count). The van der Waals surface area contributed by atoms with E-state index in [1.165, 1.54) is 19.3 Å². The zero-order chi connectivity index (χ0) is 12.8. The van der Waals surface area contributed by atoms with E-state index in [4.69, 9.17) is 0 Å². The minimum Gasteiger partial charge on any atom is -0.389 e. The van der Waals surface area contributed by atoms with E-state index in [1.807, 2.05) is 6.08 Å². The fourth-order valence-electron chi connectivity index (χ4n) is 3.21. The zero-order valence-corrected chi connectivity index (χ0v) is 12.0. The van der Waals surface area contributed by atoms with Gasteiger partial charge in [-0.15, -0.1) is 0 Å². The average Bonchev–Trinajstić information content (AvgIpc) is 2.28. The maximum Gasteiger partial charge on any atom is 0.0751 e. The molecule has 1 N–H and O–H groups in total. The van der Waals surface area contributed by atoms with Crippen LogP contribution < -0.4 is 0 Å². The van der Waals surface area contributed by atoms with Crippen molar-refractivity contribution in [3.63, 3.8) is 0 Å². The highest BCUT2D eigenvalue weighted by Crippen LogP contribution is 2.40. The van der Waals surface area contributed by atoms with E-state index in [1.54, 1.807) is 0 Å². The number of hydrogen-bond donors (Lipinski definition) is 1. The van der Waals surface area contributed by atoms with Crippen LogP contribution in [0.4, 0.5) is 0 Å². The molecule has 1 saturated carbocycles. The van der Waals surface area contributed by atoms with E-state index in [9.17, 15) is 5.11 Å². The lowest BCUT2D eigenvalue weighted by molar-refractivity contribution is 0.0425. The van der Waals surface area contributed by atoms with Crippen LogP contribution in [0.15, 0.2) is 12.2 Å². The monoisotopic (exact) mass is 238 g/mol. The Balaban J connectivity index is 2.61. The normalized spacial score (nSPS) is 32.2. The highest BCUT2D eigenvalue weighted by Gasteiger charge is 2.33. The van der Waals surface area contributed by atoms with Gasteiger partial charge in [0, 0.05) is 0 Å². The first kappa shape index (κ1) is 14.8. The minimum absolute atomic E-state index is 0.225. The lowest BCUT2D eigenvalue weighted by atomic mass is 9.68. The van der Waals surface area contributed by atoms with Gasteiger partial charge in [0.1, 0.15) is 0 Å². The summed E-state index contributed by atoms with van der Waals surface area (Å²) in [6.07, 6.45) is 10.1. The molecule has 1 fully saturated rings. The molecule has 0 spiro atoms. The van der Waals surface area contributed by atoms with E-state index in [0.29, 0.717) is 17.8 Å². The van der Waals surface area contributed by atoms with Crippen LogP contribution in [-0.2, 0) is 0 Å². The highest BCUT2D eigenvalue weighted by molar-refractivity contribution is 4.96. The van der Waals surface area contributed by atoms with Gasteiger partial charge >= 0.3 is 0 Å². The van der Waals surface area contributed by atoms with Gasteiger partial charge in [-0.05, 0) is 42.9 Å². The molecule has 0 radical (unpaired) electrons. The fourth-order valence-corrected chi connectivity index (χ4v) is 3.21. The first-order valence-corrected chi connectivity index (χ1v) is 7.41. The first-order chi connectivity index (χ1) is 8.06. The molecule has 1 aliphatic rings. The third-order valence-electron chi connectivity index (χ3n) is 4.30. The molecule has 100 valence electrons. The van der Waals surface area contributed by atoms with Crippen LogP contribution in [0, 0.1) is 23.7 Å². The SMILES string of the molecule is CCC/C=C/[C@@H](O)C1C[C@H](C)CC[C@H]1C(C)C. The molecule has 1 aliphatic carbocycles. The fraction of sp³-hybridized carbons (Fsp3) is 0.875. The molecule has 1 heteroatoms. The summed E-state index contributed by atoms with van der Waals surface area (Å²) in [7, 11) is 0. The predicted octanol–water partition coefficient (Wildman–Crippen LogP) is 4.41. The molecular formula is C16H30O. The number of aliphatic hydroxyl groups is 1. The van der Waals surface area contributed by atoms with Gasteiger partial charge in [-0.25, -0.2) is 0 Å². The van der Waals surface area contributed by atoms with E-state index >= 15 is 0 Å². The summed E-state index contributed by atoms with van der Waals surface area (Å²) in [5, 5.41) is 10.4. The highest BCUT2D eigenvalue weighted by atomic mass is 16.3. The molecule has 0 aromatic heterocycles. The maximum atomic E-state index is 10.4. The van der Waals surface area contributed by atoms with Crippen LogP contribution in [0.2, 0.25) is 0 Å². The van der Waals surface area contributed by atoms with Crippen LogP contribution in [0.5, 0.6) is 0 Å². The Bertz CT molecular complexity index is 232. The summed E-state index contributed by atoms with van der Waals surface area (Å²) in [6.45, 7) is 9.11. The van der Waals surface area contributed by atoms with Crippen LogP contribution >= 0.6 is 0 Å². The van der Waals surface area contributed by atoms with Crippen molar-refractivity contribution < 1.29 is 5.11 Å². The molecule has 0 saturated heterocycles. The third-order valence-corrected chi connectivity index (χ3v) is 4.30. The Morgan fingerprint density at radius 3 is 2.53 bits per heavy atom. The molecule has 17 heavy (non-hydrogen) atoms. The Morgan fingerprint density at radius 1 is 1.24 bits per heavy atom. The van der Waals surface area contributed by atoms with Crippen LogP contribution in [0.3, 0.4) is 0 Å². The third kappa shape index (κ3) is 4.46. The van der Waals surface area contributed by atoms with Crippen LogP contribution in [0.1, 0.15) is 59.8 Å².